The van der Waals surface area contributed by atoms with Crippen molar-refractivity contribution in [2.75, 3.05) is 0 Å². The Morgan fingerprint density at radius 3 is 2.50 bits per heavy atom. The second kappa shape index (κ2) is 5.51. The highest BCUT2D eigenvalue weighted by molar-refractivity contribution is 9.10. The van der Waals surface area contributed by atoms with Gasteiger partial charge in [-0.25, -0.2) is 4.98 Å². The van der Waals surface area contributed by atoms with Gasteiger partial charge in [0.15, 0.2) is 0 Å². The predicted molar refractivity (Wildman–Crippen MR) is 86.7 cm³/mol. The maximum absolute atomic E-state index is 12.1. The molecule has 1 aromatic carbocycles. The van der Waals surface area contributed by atoms with Gasteiger partial charge in [-0.15, -0.1) is 0 Å². The van der Waals surface area contributed by atoms with Crippen molar-refractivity contribution in [3.63, 3.8) is 0 Å². The molecular formula is C14H13BrCl2N2O. The maximum atomic E-state index is 12.1. The zero-order valence-electron chi connectivity index (χ0n) is 11.2. The van der Waals surface area contributed by atoms with Crippen LogP contribution < -0.4 is 5.56 Å². The van der Waals surface area contributed by atoms with Gasteiger partial charge in [0.05, 0.1) is 15.7 Å². The van der Waals surface area contributed by atoms with E-state index in [0.717, 1.165) is 0 Å². The molecule has 0 aliphatic heterocycles. The van der Waals surface area contributed by atoms with Gasteiger partial charge in [0.2, 0.25) is 0 Å². The van der Waals surface area contributed by atoms with E-state index < -0.39 is 0 Å². The Kier molecular flexibility index (Phi) is 4.28. The summed E-state index contributed by atoms with van der Waals surface area (Å²) >= 11 is 15.5. The van der Waals surface area contributed by atoms with Gasteiger partial charge in [-0.3, -0.25) is 4.79 Å². The Bertz CT molecular complexity index is 720. The van der Waals surface area contributed by atoms with Crippen molar-refractivity contribution in [2.45, 2.75) is 26.2 Å². The molecule has 1 N–H and O–H groups in total. The second-order valence-electron chi connectivity index (χ2n) is 5.43. The second-order valence-corrected chi connectivity index (χ2v) is 7.01. The van der Waals surface area contributed by atoms with Crippen LogP contribution in [-0.2, 0) is 5.41 Å². The Morgan fingerprint density at radius 2 is 1.90 bits per heavy atom. The van der Waals surface area contributed by atoms with Crippen LogP contribution in [0.5, 0.6) is 0 Å². The molecule has 0 amide bonds. The van der Waals surface area contributed by atoms with E-state index in [9.17, 15) is 4.79 Å². The lowest BCUT2D eigenvalue weighted by molar-refractivity contribution is 0.562. The lowest BCUT2D eigenvalue weighted by Gasteiger charge is -2.20. The molecule has 20 heavy (non-hydrogen) atoms. The van der Waals surface area contributed by atoms with Crippen molar-refractivity contribution >= 4 is 39.1 Å². The van der Waals surface area contributed by atoms with Gasteiger partial charge in [-0.2, -0.15) is 0 Å². The summed E-state index contributed by atoms with van der Waals surface area (Å²) in [7, 11) is 0. The van der Waals surface area contributed by atoms with E-state index in [1.54, 1.807) is 18.2 Å². The molecule has 0 aliphatic carbocycles. The number of aromatic amines is 1. The molecule has 3 nitrogen and oxygen atoms in total. The van der Waals surface area contributed by atoms with E-state index in [2.05, 4.69) is 25.9 Å². The monoisotopic (exact) mass is 374 g/mol. The summed E-state index contributed by atoms with van der Waals surface area (Å²) < 4.78 is 0.437. The molecular weight excluding hydrogens is 363 g/mol. The van der Waals surface area contributed by atoms with E-state index in [0.29, 0.717) is 31.6 Å². The van der Waals surface area contributed by atoms with Crippen LogP contribution in [0.1, 0.15) is 26.5 Å². The Hall–Kier alpha value is -0.840. The zero-order valence-corrected chi connectivity index (χ0v) is 14.3. The third-order valence-corrected chi connectivity index (χ3v) is 4.33. The van der Waals surface area contributed by atoms with Gasteiger partial charge in [0.25, 0.3) is 5.56 Å². The van der Waals surface area contributed by atoms with Crippen molar-refractivity contribution < 1.29 is 0 Å². The van der Waals surface area contributed by atoms with E-state index in [4.69, 9.17) is 23.2 Å². The summed E-state index contributed by atoms with van der Waals surface area (Å²) in [6, 6.07) is 5.23. The molecule has 1 heterocycles. The minimum Gasteiger partial charge on any atom is -0.305 e. The zero-order chi connectivity index (χ0) is 15.1. The fraction of sp³-hybridized carbons (Fsp3) is 0.286. The number of benzene rings is 1. The smallest absolute Gasteiger partial charge is 0.265 e. The molecule has 0 saturated carbocycles. The highest BCUT2D eigenvalue weighted by atomic mass is 79.9. The van der Waals surface area contributed by atoms with Crippen LogP contribution in [0.4, 0.5) is 0 Å². The van der Waals surface area contributed by atoms with Crippen molar-refractivity contribution in [1.29, 1.82) is 0 Å². The number of rotatable bonds is 1. The summed E-state index contributed by atoms with van der Waals surface area (Å²) in [6.45, 7) is 5.97. The minimum atomic E-state index is -0.271. The fourth-order valence-electron chi connectivity index (χ4n) is 1.77. The van der Waals surface area contributed by atoms with E-state index >= 15 is 0 Å². The van der Waals surface area contributed by atoms with Crippen LogP contribution in [0.3, 0.4) is 0 Å². The van der Waals surface area contributed by atoms with Gasteiger partial charge in [-0.05, 0) is 28.1 Å². The molecule has 0 fully saturated rings. The van der Waals surface area contributed by atoms with Crippen LogP contribution in [0.15, 0.2) is 27.5 Å². The van der Waals surface area contributed by atoms with E-state index in [-0.39, 0.29) is 11.0 Å². The molecule has 0 bridgehead atoms. The molecule has 1 aromatic heterocycles. The molecule has 106 valence electrons. The van der Waals surface area contributed by atoms with Gasteiger partial charge >= 0.3 is 0 Å². The standard InChI is InChI=1S/C14H13BrCl2N2O/c1-14(2,3)11-9(15)13(20)19-12(18-11)7-5-4-6-8(16)10(7)17/h4-6H,1-3H3,(H,18,19,20). The summed E-state index contributed by atoms with van der Waals surface area (Å²) in [4.78, 5) is 19.3. The van der Waals surface area contributed by atoms with Crippen LogP contribution in [0, 0.1) is 0 Å². The molecule has 0 aliphatic rings. The molecule has 6 heteroatoms. The summed E-state index contributed by atoms with van der Waals surface area (Å²) in [5, 5.41) is 0.798. The van der Waals surface area contributed by atoms with Crippen LogP contribution in [0.25, 0.3) is 11.4 Å². The largest absolute Gasteiger partial charge is 0.305 e. The van der Waals surface area contributed by atoms with E-state index in [1.165, 1.54) is 0 Å². The van der Waals surface area contributed by atoms with Gasteiger partial charge in [-0.1, -0.05) is 50.0 Å². The first-order chi connectivity index (χ1) is 9.21. The summed E-state index contributed by atoms with van der Waals surface area (Å²) in [6.07, 6.45) is 0. The van der Waals surface area contributed by atoms with Gasteiger partial charge in [0, 0.05) is 11.0 Å². The molecule has 0 saturated heterocycles. The first-order valence-corrected chi connectivity index (χ1v) is 7.51. The third-order valence-electron chi connectivity index (χ3n) is 2.78. The maximum Gasteiger partial charge on any atom is 0.265 e. The SMILES string of the molecule is CC(C)(C)c1nc(-c2cccc(Cl)c2Cl)[nH]c(=O)c1Br. The topological polar surface area (TPSA) is 45.8 Å². The van der Waals surface area contributed by atoms with Crippen molar-refractivity contribution in [3.05, 3.63) is 48.8 Å². The average molecular weight is 376 g/mol. The highest BCUT2D eigenvalue weighted by Crippen LogP contribution is 2.33. The molecule has 2 aromatic rings. The highest BCUT2D eigenvalue weighted by Gasteiger charge is 2.23. The number of nitrogens with zero attached hydrogens (tertiary/aromatic N) is 1. The van der Waals surface area contributed by atoms with Crippen LogP contribution >= 0.6 is 39.1 Å². The number of hydrogen-bond donors (Lipinski definition) is 1. The summed E-state index contributed by atoms with van der Waals surface area (Å²) in [5.74, 6) is 0.413. The van der Waals surface area contributed by atoms with Crippen LogP contribution in [-0.4, -0.2) is 9.97 Å². The first-order valence-electron chi connectivity index (χ1n) is 5.96. The number of H-pyrrole nitrogens is 1. The number of aromatic nitrogens is 2. The lowest BCUT2D eigenvalue weighted by Crippen LogP contribution is -2.22. The Labute approximate surface area is 135 Å². The quantitative estimate of drug-likeness (QED) is 0.777. The average Bonchev–Trinajstić information content (AvgIpc) is 2.34. The molecule has 0 unspecified atom stereocenters. The molecule has 0 radical (unpaired) electrons. The van der Waals surface area contributed by atoms with Gasteiger partial charge in [0.1, 0.15) is 10.3 Å². The van der Waals surface area contributed by atoms with Crippen molar-refractivity contribution in [1.82, 2.24) is 9.97 Å². The van der Waals surface area contributed by atoms with Crippen molar-refractivity contribution in [2.24, 2.45) is 0 Å². The normalized spacial score (nSPS) is 11.7. The molecule has 2 rings (SSSR count). The minimum absolute atomic E-state index is 0.240. The molecule has 0 spiro atoms. The number of nitrogens with one attached hydrogen (secondary N) is 1. The summed E-state index contributed by atoms with van der Waals surface area (Å²) in [5.41, 5.74) is 0.768. The fourth-order valence-corrected chi connectivity index (χ4v) is 2.94. The lowest BCUT2D eigenvalue weighted by atomic mass is 9.92. The Morgan fingerprint density at radius 1 is 1.25 bits per heavy atom. The van der Waals surface area contributed by atoms with Gasteiger partial charge < -0.3 is 4.98 Å². The number of halogens is 3. The van der Waals surface area contributed by atoms with Crippen molar-refractivity contribution in [3.8, 4) is 11.4 Å². The third kappa shape index (κ3) is 2.92. The Balaban J connectivity index is 2.74. The molecule has 0 atom stereocenters. The van der Waals surface area contributed by atoms with Crippen LogP contribution in [0.2, 0.25) is 10.0 Å². The predicted octanol–water partition coefficient (Wildman–Crippen LogP) is 4.80. The number of hydrogen-bond acceptors (Lipinski definition) is 2. The van der Waals surface area contributed by atoms with E-state index in [1.807, 2.05) is 20.8 Å². The first kappa shape index (κ1) is 15.5.